The lowest BCUT2D eigenvalue weighted by atomic mass is 10.0. The van der Waals surface area contributed by atoms with Crippen LogP contribution in [-0.2, 0) is 0 Å². The van der Waals surface area contributed by atoms with E-state index < -0.39 is 0 Å². The van der Waals surface area contributed by atoms with Crippen molar-refractivity contribution >= 4 is 68.6 Å². The van der Waals surface area contributed by atoms with E-state index in [1.807, 2.05) is 49.3 Å². The van der Waals surface area contributed by atoms with Gasteiger partial charge >= 0.3 is 0 Å². The summed E-state index contributed by atoms with van der Waals surface area (Å²) in [6.45, 7) is 3.88. The Kier molecular flexibility index (Phi) is 7.00. The Morgan fingerprint density at radius 2 is 1.61 bits per heavy atom. The van der Waals surface area contributed by atoms with Crippen molar-refractivity contribution in [1.29, 1.82) is 0 Å². The highest BCUT2D eigenvalue weighted by Gasteiger charge is 2.21. The molecule has 36 heavy (non-hydrogen) atoms. The SMILES string of the molecule is CN1CCN(c2c(Cl)cc(Nc3ncc(Cl)c(Nc4cccnc4N(C)C)n3)c3ccccc23)CC1. The van der Waals surface area contributed by atoms with Gasteiger partial charge in [-0.2, -0.15) is 4.98 Å². The lowest BCUT2D eigenvalue weighted by molar-refractivity contribution is 0.313. The number of nitrogens with one attached hydrogen (secondary N) is 2. The highest BCUT2D eigenvalue weighted by atomic mass is 35.5. The molecule has 1 saturated heterocycles. The Hall–Kier alpha value is -3.33. The first-order chi connectivity index (χ1) is 17.4. The summed E-state index contributed by atoms with van der Waals surface area (Å²) in [4.78, 5) is 20.1. The Labute approximate surface area is 220 Å². The summed E-state index contributed by atoms with van der Waals surface area (Å²) in [5.74, 6) is 1.67. The molecule has 2 aromatic carbocycles. The average molecular weight is 523 g/mol. The molecule has 5 rings (SSSR count). The van der Waals surface area contributed by atoms with Crippen LogP contribution in [0.4, 0.5) is 34.6 Å². The molecule has 1 fully saturated rings. The first kappa shape index (κ1) is 24.4. The summed E-state index contributed by atoms with van der Waals surface area (Å²) in [6, 6.07) is 14.0. The van der Waals surface area contributed by atoms with Gasteiger partial charge in [-0.15, -0.1) is 0 Å². The van der Waals surface area contributed by atoms with Crippen molar-refractivity contribution in [2.75, 3.05) is 67.8 Å². The fourth-order valence-electron chi connectivity index (χ4n) is 4.39. The van der Waals surface area contributed by atoms with E-state index in [4.69, 9.17) is 23.2 Å². The van der Waals surface area contributed by atoms with E-state index in [0.717, 1.165) is 59.8 Å². The molecule has 1 aliphatic rings. The van der Waals surface area contributed by atoms with Gasteiger partial charge in [0, 0.05) is 57.2 Å². The molecule has 0 atom stereocenters. The number of aromatic nitrogens is 3. The fraction of sp³-hybridized carbons (Fsp3) is 0.269. The molecule has 0 unspecified atom stereocenters. The third-order valence-corrected chi connectivity index (χ3v) is 6.81. The zero-order chi connectivity index (χ0) is 25.2. The molecule has 0 radical (unpaired) electrons. The number of pyridine rings is 1. The van der Waals surface area contributed by atoms with Gasteiger partial charge in [-0.25, -0.2) is 9.97 Å². The predicted molar refractivity (Wildman–Crippen MR) is 151 cm³/mol. The maximum Gasteiger partial charge on any atom is 0.229 e. The fourth-order valence-corrected chi connectivity index (χ4v) is 4.86. The summed E-state index contributed by atoms with van der Waals surface area (Å²) < 4.78 is 0. The molecule has 186 valence electrons. The Bertz CT molecular complexity index is 1390. The number of rotatable bonds is 6. The first-order valence-corrected chi connectivity index (χ1v) is 12.5. The Morgan fingerprint density at radius 3 is 2.36 bits per heavy atom. The van der Waals surface area contributed by atoms with E-state index in [1.165, 1.54) is 0 Å². The monoisotopic (exact) mass is 522 g/mol. The van der Waals surface area contributed by atoms with Crippen LogP contribution in [0.5, 0.6) is 0 Å². The lowest BCUT2D eigenvalue weighted by Gasteiger charge is -2.35. The summed E-state index contributed by atoms with van der Waals surface area (Å²) in [5, 5.41) is 9.89. The van der Waals surface area contributed by atoms with Gasteiger partial charge < -0.3 is 25.3 Å². The van der Waals surface area contributed by atoms with Crippen LogP contribution in [0, 0.1) is 0 Å². The van der Waals surface area contributed by atoms with Crippen molar-refractivity contribution in [2.24, 2.45) is 0 Å². The molecule has 8 nitrogen and oxygen atoms in total. The highest BCUT2D eigenvalue weighted by molar-refractivity contribution is 6.36. The molecule has 2 N–H and O–H groups in total. The number of nitrogens with zero attached hydrogens (tertiary/aromatic N) is 6. The van der Waals surface area contributed by atoms with Gasteiger partial charge in [0.15, 0.2) is 11.6 Å². The zero-order valence-electron chi connectivity index (χ0n) is 20.5. The molecule has 1 aliphatic heterocycles. The van der Waals surface area contributed by atoms with Gasteiger partial charge in [-0.1, -0.05) is 47.5 Å². The number of fused-ring (bicyclic) bond motifs is 1. The highest BCUT2D eigenvalue weighted by Crippen LogP contribution is 2.40. The molecule has 0 spiro atoms. The van der Waals surface area contributed by atoms with Crippen molar-refractivity contribution in [2.45, 2.75) is 0 Å². The van der Waals surface area contributed by atoms with Crippen molar-refractivity contribution in [3.8, 4) is 0 Å². The molecule has 0 saturated carbocycles. The number of halogens is 2. The summed E-state index contributed by atoms with van der Waals surface area (Å²) in [7, 11) is 6.01. The smallest absolute Gasteiger partial charge is 0.229 e. The van der Waals surface area contributed by atoms with Crippen LogP contribution in [0.25, 0.3) is 10.8 Å². The van der Waals surface area contributed by atoms with E-state index >= 15 is 0 Å². The third-order valence-electron chi connectivity index (χ3n) is 6.24. The van der Waals surface area contributed by atoms with Crippen LogP contribution in [0.1, 0.15) is 0 Å². The predicted octanol–water partition coefficient (Wildman–Crippen LogP) is 5.64. The molecule has 0 aliphatic carbocycles. The van der Waals surface area contributed by atoms with Gasteiger partial charge in [0.25, 0.3) is 0 Å². The number of piperazine rings is 1. The van der Waals surface area contributed by atoms with E-state index in [2.05, 4.69) is 54.6 Å². The Morgan fingerprint density at radius 1 is 0.861 bits per heavy atom. The van der Waals surface area contributed by atoms with Crippen LogP contribution < -0.4 is 20.4 Å². The van der Waals surface area contributed by atoms with Crippen LogP contribution >= 0.6 is 23.2 Å². The van der Waals surface area contributed by atoms with E-state index in [-0.39, 0.29) is 0 Å². The van der Waals surface area contributed by atoms with Crippen LogP contribution in [0.3, 0.4) is 0 Å². The minimum Gasteiger partial charge on any atom is -0.367 e. The van der Waals surface area contributed by atoms with Gasteiger partial charge in [0.1, 0.15) is 5.02 Å². The average Bonchev–Trinajstić information content (AvgIpc) is 2.87. The molecule has 3 heterocycles. The molecular formula is C26H28Cl2N8. The van der Waals surface area contributed by atoms with Crippen LogP contribution in [0.2, 0.25) is 10.0 Å². The molecule has 10 heteroatoms. The third kappa shape index (κ3) is 4.97. The van der Waals surface area contributed by atoms with Crippen molar-refractivity contribution in [1.82, 2.24) is 19.9 Å². The minimum absolute atomic E-state index is 0.405. The maximum atomic E-state index is 6.87. The lowest BCUT2D eigenvalue weighted by Crippen LogP contribution is -2.44. The number of hydrogen-bond acceptors (Lipinski definition) is 8. The zero-order valence-corrected chi connectivity index (χ0v) is 22.0. The van der Waals surface area contributed by atoms with E-state index in [0.29, 0.717) is 21.8 Å². The Balaban J connectivity index is 1.48. The molecule has 2 aromatic heterocycles. The molecule has 0 bridgehead atoms. The molecule has 0 amide bonds. The standard InChI is InChI=1S/C26H28Cl2N8/c1-34(2)25-21(9-6-10-29-25)31-24-20(28)16-30-26(33-24)32-22-15-19(27)23(18-8-5-4-7-17(18)22)36-13-11-35(3)12-14-36/h4-10,15-16H,11-14H2,1-3H3,(H2,30,31,32,33). The van der Waals surface area contributed by atoms with E-state index in [9.17, 15) is 0 Å². The van der Waals surface area contributed by atoms with Gasteiger partial charge in [-0.3, -0.25) is 0 Å². The van der Waals surface area contributed by atoms with Crippen molar-refractivity contribution in [3.05, 3.63) is 64.9 Å². The topological polar surface area (TPSA) is 72.5 Å². The van der Waals surface area contributed by atoms with Gasteiger partial charge in [0.05, 0.1) is 28.3 Å². The first-order valence-electron chi connectivity index (χ1n) is 11.7. The number of benzene rings is 2. The maximum absolute atomic E-state index is 6.87. The van der Waals surface area contributed by atoms with Gasteiger partial charge in [0.2, 0.25) is 5.95 Å². The van der Waals surface area contributed by atoms with Gasteiger partial charge in [-0.05, 0) is 25.2 Å². The summed E-state index contributed by atoms with van der Waals surface area (Å²) >= 11 is 13.3. The van der Waals surface area contributed by atoms with Crippen LogP contribution in [-0.4, -0.2) is 67.2 Å². The number of hydrogen-bond donors (Lipinski definition) is 2. The molecular weight excluding hydrogens is 495 g/mol. The quantitative estimate of drug-likeness (QED) is 0.337. The van der Waals surface area contributed by atoms with Crippen molar-refractivity contribution < 1.29 is 0 Å². The molecule has 4 aromatic rings. The second-order valence-corrected chi connectivity index (χ2v) is 9.81. The van der Waals surface area contributed by atoms with E-state index in [1.54, 1.807) is 12.4 Å². The van der Waals surface area contributed by atoms with Crippen molar-refractivity contribution in [3.63, 3.8) is 0 Å². The minimum atomic E-state index is 0.405. The summed E-state index contributed by atoms with van der Waals surface area (Å²) in [5.41, 5.74) is 2.69. The second-order valence-electron chi connectivity index (χ2n) is 9.00. The number of anilines is 6. The number of likely N-dealkylation sites (N-methyl/N-ethyl adjacent to an activating group) is 1. The summed E-state index contributed by atoms with van der Waals surface area (Å²) in [6.07, 6.45) is 3.32. The largest absolute Gasteiger partial charge is 0.367 e. The normalized spacial score (nSPS) is 14.2. The second kappa shape index (κ2) is 10.3. The van der Waals surface area contributed by atoms with Crippen LogP contribution in [0.15, 0.2) is 54.9 Å².